The van der Waals surface area contributed by atoms with Crippen molar-refractivity contribution in [2.75, 3.05) is 36.0 Å². The van der Waals surface area contributed by atoms with Crippen LogP contribution in [0, 0.1) is 16.7 Å². The zero-order chi connectivity index (χ0) is 31.0. The van der Waals surface area contributed by atoms with Crippen molar-refractivity contribution in [2.45, 2.75) is 26.7 Å². The molecule has 5 nitrogen and oxygen atoms in total. The van der Waals surface area contributed by atoms with E-state index >= 15 is 0 Å². The van der Waals surface area contributed by atoms with Crippen molar-refractivity contribution < 1.29 is 4.79 Å². The number of nitrogens with zero attached hydrogens (tertiary/aromatic N) is 4. The second-order valence-electron chi connectivity index (χ2n) is 12.7. The molecule has 0 bridgehead atoms. The standard InChI is InChI=1S/C30H30N2O.C10H6N2/c1-30(2)14-6-9-25-26-12-10-21-19-23(11-13-24(21)29(26)28(33)20-27(25)30)32-17-15-31(16-18-32)22-7-4-3-5-8-22;11-6-8-5-9-3-1-2-4-10(9)12-7-8/h3-13,19H,14-18,20H2,1-2H3;1-5,7H. The number of benzene rings is 4. The molecular formula is C40H36N4O. The summed E-state index contributed by atoms with van der Waals surface area (Å²) in [6.07, 6.45) is 7.63. The van der Waals surface area contributed by atoms with Crippen LogP contribution < -0.4 is 9.80 Å². The number of carbonyl (C=O) groups is 1. The molecule has 0 atom stereocenters. The highest BCUT2D eigenvalue weighted by atomic mass is 16.1. The van der Waals surface area contributed by atoms with E-state index in [1.807, 2.05) is 30.3 Å². The van der Waals surface area contributed by atoms with Crippen LogP contribution >= 0.6 is 0 Å². The highest BCUT2D eigenvalue weighted by molar-refractivity contribution is 6.16. The second kappa shape index (κ2) is 11.7. The average molecular weight is 589 g/mol. The Morgan fingerprint density at radius 3 is 2.31 bits per heavy atom. The molecule has 1 aromatic heterocycles. The molecule has 0 spiro atoms. The number of ketones is 1. The fraction of sp³-hybridized carbons (Fsp3) is 0.225. The zero-order valence-electron chi connectivity index (χ0n) is 25.8. The molecule has 4 aromatic carbocycles. The summed E-state index contributed by atoms with van der Waals surface area (Å²) in [5, 5.41) is 11.9. The fourth-order valence-electron chi connectivity index (χ4n) is 6.93. The number of fused-ring (bicyclic) bond motifs is 5. The smallest absolute Gasteiger partial charge is 0.168 e. The van der Waals surface area contributed by atoms with E-state index in [9.17, 15) is 4.79 Å². The lowest BCUT2D eigenvalue weighted by atomic mass is 9.68. The van der Waals surface area contributed by atoms with Gasteiger partial charge in [0, 0.05) is 61.1 Å². The van der Waals surface area contributed by atoms with Crippen LogP contribution in [0.25, 0.3) is 27.2 Å². The van der Waals surface area contributed by atoms with Crippen molar-refractivity contribution in [1.82, 2.24) is 4.98 Å². The number of hydrogen-bond donors (Lipinski definition) is 0. The Labute approximate surface area is 264 Å². The number of piperazine rings is 1. The average Bonchev–Trinajstić information content (AvgIpc) is 3.08. The maximum absolute atomic E-state index is 13.3. The minimum absolute atomic E-state index is 0.0537. The Morgan fingerprint density at radius 2 is 1.53 bits per heavy atom. The monoisotopic (exact) mass is 588 g/mol. The van der Waals surface area contributed by atoms with Crippen LogP contribution in [0.4, 0.5) is 11.4 Å². The van der Waals surface area contributed by atoms with E-state index in [2.05, 4.69) is 108 Å². The van der Waals surface area contributed by atoms with E-state index < -0.39 is 0 Å². The van der Waals surface area contributed by atoms with Crippen LogP contribution in [0.15, 0.2) is 115 Å². The molecule has 1 aliphatic heterocycles. The molecule has 0 saturated carbocycles. The van der Waals surface area contributed by atoms with Gasteiger partial charge in [0.05, 0.1) is 11.1 Å². The minimum atomic E-state index is 0.0537. The van der Waals surface area contributed by atoms with E-state index in [1.54, 1.807) is 6.20 Å². The number of anilines is 2. The van der Waals surface area contributed by atoms with Crippen LogP contribution in [0.1, 0.15) is 48.2 Å². The third kappa shape index (κ3) is 5.49. The van der Waals surface area contributed by atoms with Crippen LogP contribution in [-0.2, 0) is 0 Å². The van der Waals surface area contributed by atoms with Gasteiger partial charge < -0.3 is 9.80 Å². The lowest BCUT2D eigenvalue weighted by molar-refractivity contribution is 0.0985. The topological polar surface area (TPSA) is 60.2 Å². The summed E-state index contributed by atoms with van der Waals surface area (Å²) in [5.41, 5.74) is 8.73. The van der Waals surface area contributed by atoms with Crippen LogP contribution in [0.3, 0.4) is 0 Å². The van der Waals surface area contributed by atoms with E-state index in [0.29, 0.717) is 12.0 Å². The highest BCUT2D eigenvalue weighted by Crippen LogP contribution is 2.47. The van der Waals surface area contributed by atoms with Crippen LogP contribution in [-0.4, -0.2) is 36.9 Å². The van der Waals surface area contributed by atoms with Crippen LogP contribution in [0.5, 0.6) is 0 Å². The lowest BCUT2D eigenvalue weighted by Crippen LogP contribution is -2.46. The second-order valence-corrected chi connectivity index (χ2v) is 12.7. The molecule has 1 saturated heterocycles. The predicted octanol–water partition coefficient (Wildman–Crippen LogP) is 8.60. The first-order valence-electron chi connectivity index (χ1n) is 15.7. The van der Waals surface area contributed by atoms with E-state index in [1.165, 1.54) is 22.5 Å². The predicted molar refractivity (Wildman–Crippen MR) is 185 cm³/mol. The quantitative estimate of drug-likeness (QED) is 0.207. The lowest BCUT2D eigenvalue weighted by Gasteiger charge is -2.37. The summed E-state index contributed by atoms with van der Waals surface area (Å²) in [6, 6.07) is 33.3. The third-order valence-corrected chi connectivity index (χ3v) is 9.45. The van der Waals surface area contributed by atoms with Gasteiger partial charge in [-0.15, -0.1) is 0 Å². The van der Waals surface area contributed by atoms with E-state index in [0.717, 1.165) is 65.4 Å². The summed E-state index contributed by atoms with van der Waals surface area (Å²) in [5.74, 6) is 0.266. The number of aromatic nitrogens is 1. The van der Waals surface area contributed by atoms with E-state index in [-0.39, 0.29) is 11.2 Å². The Morgan fingerprint density at radius 1 is 0.800 bits per heavy atom. The molecular weight excluding hydrogens is 552 g/mol. The van der Waals surface area contributed by atoms with Crippen molar-refractivity contribution in [3.05, 3.63) is 132 Å². The van der Waals surface area contributed by atoms with Gasteiger partial charge in [0.1, 0.15) is 6.07 Å². The fourth-order valence-corrected chi connectivity index (χ4v) is 6.93. The molecule has 5 heteroatoms. The third-order valence-electron chi connectivity index (χ3n) is 9.45. The van der Waals surface area contributed by atoms with Gasteiger partial charge in [0.25, 0.3) is 0 Å². The van der Waals surface area contributed by atoms with Crippen molar-refractivity contribution in [3.8, 4) is 6.07 Å². The molecule has 222 valence electrons. The van der Waals surface area contributed by atoms with Gasteiger partial charge >= 0.3 is 0 Å². The molecule has 8 rings (SSSR count). The maximum atomic E-state index is 13.3. The SMILES string of the molecule is CC1(C)CC=CC2=C1CC(=O)c1c2ccc2cc(N3CCN(c4ccccc4)CC3)ccc12.N#Cc1cnc2ccccc2c1. The van der Waals surface area contributed by atoms with Crippen molar-refractivity contribution >= 4 is 44.4 Å². The van der Waals surface area contributed by atoms with Crippen molar-refractivity contribution in [1.29, 1.82) is 5.26 Å². The van der Waals surface area contributed by atoms with Gasteiger partial charge in [0.2, 0.25) is 0 Å². The molecule has 1 fully saturated rings. The molecule has 2 aliphatic carbocycles. The number of nitriles is 1. The summed E-state index contributed by atoms with van der Waals surface area (Å²) in [7, 11) is 0. The van der Waals surface area contributed by atoms with Gasteiger partial charge in [-0.1, -0.05) is 80.6 Å². The first-order valence-corrected chi connectivity index (χ1v) is 15.7. The number of pyridine rings is 1. The molecule has 0 amide bonds. The Balaban J connectivity index is 0.000000227. The number of Topliss-reactive ketones (excluding diaryl/α,β-unsaturated/α-hetero) is 1. The number of carbonyl (C=O) groups excluding carboxylic acids is 1. The zero-order valence-corrected chi connectivity index (χ0v) is 25.8. The largest absolute Gasteiger partial charge is 0.368 e. The minimum Gasteiger partial charge on any atom is -0.368 e. The van der Waals surface area contributed by atoms with E-state index in [4.69, 9.17) is 5.26 Å². The number of para-hydroxylation sites is 2. The number of rotatable bonds is 2. The van der Waals surface area contributed by atoms with Gasteiger partial charge in [-0.05, 0) is 75.7 Å². The summed E-state index contributed by atoms with van der Waals surface area (Å²) in [6.45, 7) is 8.55. The van der Waals surface area contributed by atoms with Gasteiger partial charge in [-0.2, -0.15) is 5.26 Å². The highest BCUT2D eigenvalue weighted by Gasteiger charge is 2.35. The van der Waals surface area contributed by atoms with Crippen molar-refractivity contribution in [2.24, 2.45) is 5.41 Å². The Hall–Kier alpha value is -5.21. The van der Waals surface area contributed by atoms with Gasteiger partial charge in [-0.3, -0.25) is 9.78 Å². The molecule has 5 aromatic rings. The maximum Gasteiger partial charge on any atom is 0.168 e. The molecule has 0 unspecified atom stereocenters. The molecule has 45 heavy (non-hydrogen) atoms. The molecule has 3 aliphatic rings. The normalized spacial score (nSPS) is 17.0. The van der Waals surface area contributed by atoms with Gasteiger partial charge in [0.15, 0.2) is 5.78 Å². The van der Waals surface area contributed by atoms with Crippen molar-refractivity contribution in [3.63, 3.8) is 0 Å². The Kier molecular flexibility index (Phi) is 7.43. The van der Waals surface area contributed by atoms with Gasteiger partial charge in [-0.25, -0.2) is 0 Å². The number of allylic oxidation sites excluding steroid dienone is 4. The summed E-state index contributed by atoms with van der Waals surface area (Å²) >= 11 is 0. The Bertz CT molecular complexity index is 2030. The summed E-state index contributed by atoms with van der Waals surface area (Å²) < 4.78 is 0. The molecule has 0 radical (unpaired) electrons. The van der Waals surface area contributed by atoms with Crippen LogP contribution in [0.2, 0.25) is 0 Å². The first kappa shape index (κ1) is 28.6. The number of hydrogen-bond acceptors (Lipinski definition) is 5. The molecule has 2 heterocycles. The summed E-state index contributed by atoms with van der Waals surface area (Å²) in [4.78, 5) is 22.4. The molecule has 0 N–H and O–H groups in total. The first-order chi connectivity index (χ1) is 21.9.